The van der Waals surface area contributed by atoms with Crippen molar-refractivity contribution in [2.24, 2.45) is 0 Å². The molecule has 4 nitrogen and oxygen atoms in total. The molecule has 18 heavy (non-hydrogen) atoms. The van der Waals surface area contributed by atoms with Gasteiger partial charge in [0.25, 0.3) is 0 Å². The van der Waals surface area contributed by atoms with Gasteiger partial charge in [-0.25, -0.2) is 9.97 Å². The molecule has 0 aliphatic heterocycles. The number of pyridine rings is 1. The molecular weight excluding hydrogens is 244 g/mol. The second kappa shape index (κ2) is 4.34. The van der Waals surface area contributed by atoms with E-state index in [1.54, 1.807) is 6.20 Å². The van der Waals surface area contributed by atoms with Crippen LogP contribution in [0.3, 0.4) is 0 Å². The number of aromatic amines is 1. The molecular formula is C13H12N4S. The quantitative estimate of drug-likeness (QED) is 0.739. The molecule has 0 aliphatic rings. The minimum atomic E-state index is 0.666. The van der Waals surface area contributed by atoms with Gasteiger partial charge in [0.05, 0.1) is 16.7 Å². The van der Waals surface area contributed by atoms with Gasteiger partial charge in [-0.05, 0) is 48.5 Å². The molecule has 0 spiro atoms. The van der Waals surface area contributed by atoms with Crippen LogP contribution in [0.2, 0.25) is 0 Å². The number of nitrogens with zero attached hydrogens (tertiary/aromatic N) is 2. The Kier molecular flexibility index (Phi) is 2.68. The number of fused-ring (bicyclic) bond motifs is 1. The van der Waals surface area contributed by atoms with Crippen LogP contribution in [-0.4, -0.2) is 15.0 Å². The zero-order valence-electron chi connectivity index (χ0n) is 9.84. The lowest BCUT2D eigenvalue weighted by Gasteiger charge is -1.99. The second-order valence-corrected chi connectivity index (χ2v) is 5.04. The van der Waals surface area contributed by atoms with E-state index in [9.17, 15) is 0 Å². The summed E-state index contributed by atoms with van der Waals surface area (Å²) in [5.41, 5.74) is 9.73. The van der Waals surface area contributed by atoms with Crippen LogP contribution in [0, 0.1) is 6.92 Å². The number of aryl methyl sites for hydroxylation is 1. The van der Waals surface area contributed by atoms with Gasteiger partial charge in [-0.3, -0.25) is 0 Å². The first-order chi connectivity index (χ1) is 8.72. The standard InChI is InChI=1S/C13H12N4S/c1-8-4-5-10-11(7-8)17-13(16-10)18-12-9(14)3-2-6-15-12/h2-7H,14H2,1H3,(H,16,17). The van der Waals surface area contributed by atoms with Crippen molar-refractivity contribution in [2.75, 3.05) is 5.73 Å². The molecule has 3 N–H and O–H groups in total. The smallest absolute Gasteiger partial charge is 0.172 e. The molecule has 2 heterocycles. The molecule has 0 saturated carbocycles. The molecule has 0 saturated heterocycles. The molecule has 0 amide bonds. The third-order valence-electron chi connectivity index (χ3n) is 2.61. The number of nitrogen functional groups attached to an aromatic ring is 1. The van der Waals surface area contributed by atoms with E-state index in [0.717, 1.165) is 21.2 Å². The highest BCUT2D eigenvalue weighted by molar-refractivity contribution is 7.99. The van der Waals surface area contributed by atoms with Crippen LogP contribution >= 0.6 is 11.8 Å². The first-order valence-electron chi connectivity index (χ1n) is 5.57. The van der Waals surface area contributed by atoms with Crippen molar-refractivity contribution in [1.29, 1.82) is 0 Å². The van der Waals surface area contributed by atoms with Crippen LogP contribution in [0.1, 0.15) is 5.56 Å². The number of benzene rings is 1. The molecule has 0 aliphatic carbocycles. The number of hydrogen-bond donors (Lipinski definition) is 2. The Morgan fingerprint density at radius 3 is 3.00 bits per heavy atom. The van der Waals surface area contributed by atoms with Gasteiger partial charge >= 0.3 is 0 Å². The number of H-pyrrole nitrogens is 1. The summed E-state index contributed by atoms with van der Waals surface area (Å²) in [7, 11) is 0. The van der Waals surface area contributed by atoms with Crippen LogP contribution in [0.15, 0.2) is 46.7 Å². The summed E-state index contributed by atoms with van der Waals surface area (Å²) in [6.07, 6.45) is 1.73. The molecule has 90 valence electrons. The first-order valence-corrected chi connectivity index (χ1v) is 6.39. The van der Waals surface area contributed by atoms with Gasteiger partial charge in [-0.15, -0.1) is 0 Å². The average Bonchev–Trinajstić information content (AvgIpc) is 2.73. The Morgan fingerprint density at radius 2 is 2.17 bits per heavy atom. The van der Waals surface area contributed by atoms with E-state index in [2.05, 4.69) is 27.9 Å². The molecule has 0 fully saturated rings. The normalized spacial score (nSPS) is 10.9. The van der Waals surface area contributed by atoms with Crippen molar-refractivity contribution in [1.82, 2.24) is 15.0 Å². The lowest BCUT2D eigenvalue weighted by molar-refractivity contribution is 1.06. The van der Waals surface area contributed by atoms with Gasteiger partial charge in [0.15, 0.2) is 5.16 Å². The molecule has 0 bridgehead atoms. The number of nitrogens with one attached hydrogen (secondary N) is 1. The van der Waals surface area contributed by atoms with Crippen molar-refractivity contribution in [2.45, 2.75) is 17.1 Å². The van der Waals surface area contributed by atoms with Gasteiger partial charge in [-0.2, -0.15) is 0 Å². The Balaban J connectivity index is 1.98. The summed E-state index contributed by atoms with van der Waals surface area (Å²) in [4.78, 5) is 12.0. The molecule has 0 unspecified atom stereocenters. The average molecular weight is 256 g/mol. The van der Waals surface area contributed by atoms with Crippen LogP contribution in [0.25, 0.3) is 11.0 Å². The molecule has 1 aromatic carbocycles. The molecule has 2 aromatic heterocycles. The first kappa shape index (κ1) is 11.1. The van der Waals surface area contributed by atoms with Gasteiger partial charge in [0.2, 0.25) is 0 Å². The van der Waals surface area contributed by atoms with Crippen molar-refractivity contribution in [3.8, 4) is 0 Å². The zero-order valence-corrected chi connectivity index (χ0v) is 10.7. The third kappa shape index (κ3) is 2.04. The van der Waals surface area contributed by atoms with Crippen molar-refractivity contribution < 1.29 is 0 Å². The molecule has 0 atom stereocenters. The minimum absolute atomic E-state index is 0.666. The van der Waals surface area contributed by atoms with Gasteiger partial charge in [-0.1, -0.05) is 6.07 Å². The third-order valence-corrected chi connectivity index (χ3v) is 3.53. The Labute approximate surface area is 109 Å². The van der Waals surface area contributed by atoms with Gasteiger partial charge in [0.1, 0.15) is 5.03 Å². The SMILES string of the molecule is Cc1ccc2nc(Sc3ncccc3N)[nH]c2c1. The zero-order chi connectivity index (χ0) is 12.5. The monoisotopic (exact) mass is 256 g/mol. The highest BCUT2D eigenvalue weighted by atomic mass is 32.2. The molecule has 3 rings (SSSR count). The second-order valence-electron chi connectivity index (χ2n) is 4.06. The summed E-state index contributed by atoms with van der Waals surface area (Å²) in [5, 5.41) is 1.58. The van der Waals surface area contributed by atoms with E-state index in [0.29, 0.717) is 5.69 Å². The fourth-order valence-electron chi connectivity index (χ4n) is 1.73. The van der Waals surface area contributed by atoms with Crippen LogP contribution < -0.4 is 5.73 Å². The number of nitrogens with two attached hydrogens (primary N) is 1. The maximum Gasteiger partial charge on any atom is 0.172 e. The summed E-state index contributed by atoms with van der Waals surface area (Å²) in [5.74, 6) is 0. The topological polar surface area (TPSA) is 67.6 Å². The summed E-state index contributed by atoms with van der Waals surface area (Å²) < 4.78 is 0. The summed E-state index contributed by atoms with van der Waals surface area (Å²) in [6, 6.07) is 9.79. The van der Waals surface area contributed by atoms with Gasteiger partial charge < -0.3 is 10.7 Å². The van der Waals surface area contributed by atoms with Crippen molar-refractivity contribution in [3.05, 3.63) is 42.1 Å². The maximum absolute atomic E-state index is 5.86. The predicted octanol–water partition coefficient (Wildman–Crippen LogP) is 3.00. The molecule has 3 aromatic rings. The number of anilines is 1. The highest BCUT2D eigenvalue weighted by Crippen LogP contribution is 2.29. The molecule has 5 heteroatoms. The highest BCUT2D eigenvalue weighted by Gasteiger charge is 2.07. The van der Waals surface area contributed by atoms with E-state index in [1.165, 1.54) is 17.3 Å². The molecule has 0 radical (unpaired) electrons. The van der Waals surface area contributed by atoms with Crippen molar-refractivity contribution in [3.63, 3.8) is 0 Å². The van der Waals surface area contributed by atoms with E-state index >= 15 is 0 Å². The number of aromatic nitrogens is 3. The fraction of sp³-hybridized carbons (Fsp3) is 0.0769. The van der Waals surface area contributed by atoms with E-state index < -0.39 is 0 Å². The maximum atomic E-state index is 5.86. The lowest BCUT2D eigenvalue weighted by atomic mass is 10.2. The van der Waals surface area contributed by atoms with Crippen LogP contribution in [0.4, 0.5) is 5.69 Å². The van der Waals surface area contributed by atoms with E-state index in [1.807, 2.05) is 24.3 Å². The van der Waals surface area contributed by atoms with E-state index in [4.69, 9.17) is 5.73 Å². The summed E-state index contributed by atoms with van der Waals surface area (Å²) in [6.45, 7) is 2.06. The van der Waals surface area contributed by atoms with E-state index in [-0.39, 0.29) is 0 Å². The lowest BCUT2D eigenvalue weighted by Crippen LogP contribution is -1.90. The predicted molar refractivity (Wildman–Crippen MR) is 73.6 cm³/mol. The Hall–Kier alpha value is -2.01. The number of hydrogen-bond acceptors (Lipinski definition) is 4. The summed E-state index contributed by atoms with van der Waals surface area (Å²) >= 11 is 1.44. The van der Waals surface area contributed by atoms with Crippen LogP contribution in [0.5, 0.6) is 0 Å². The fourth-order valence-corrected chi connectivity index (χ4v) is 2.52. The van der Waals surface area contributed by atoms with Crippen LogP contribution in [-0.2, 0) is 0 Å². The number of rotatable bonds is 2. The Bertz CT molecular complexity index is 705. The largest absolute Gasteiger partial charge is 0.397 e. The van der Waals surface area contributed by atoms with Crippen molar-refractivity contribution >= 4 is 28.5 Å². The Morgan fingerprint density at radius 1 is 1.28 bits per heavy atom. The minimum Gasteiger partial charge on any atom is -0.397 e. The number of imidazole rings is 1. The van der Waals surface area contributed by atoms with Gasteiger partial charge in [0, 0.05) is 6.20 Å².